The number of carbonyl (C=O) groups is 1. The van der Waals surface area contributed by atoms with Gasteiger partial charge in [0.25, 0.3) is 5.56 Å². The minimum absolute atomic E-state index is 0.0598. The Kier molecular flexibility index (Phi) is 5.59. The van der Waals surface area contributed by atoms with Gasteiger partial charge >= 0.3 is 0 Å². The van der Waals surface area contributed by atoms with Crippen molar-refractivity contribution in [3.63, 3.8) is 0 Å². The van der Waals surface area contributed by atoms with E-state index < -0.39 is 16.1 Å². The fourth-order valence-corrected chi connectivity index (χ4v) is 4.00. The second kappa shape index (κ2) is 7.27. The summed E-state index contributed by atoms with van der Waals surface area (Å²) in [5.41, 5.74) is 0.818. The van der Waals surface area contributed by atoms with Crippen molar-refractivity contribution < 1.29 is 13.2 Å². The lowest BCUT2D eigenvalue weighted by molar-refractivity contribution is -0.124. The Hall–Kier alpha value is -1.67. The third kappa shape index (κ3) is 4.42. The SMILES string of the molecule is Cc1cccc(=O)n1CCCNC(=O)[C@@H]1CCCN1S(C)(=O)=O. The van der Waals surface area contributed by atoms with Crippen LogP contribution in [-0.2, 0) is 21.4 Å². The van der Waals surface area contributed by atoms with E-state index in [0.29, 0.717) is 38.9 Å². The van der Waals surface area contributed by atoms with Crippen LogP contribution in [0.3, 0.4) is 0 Å². The molecule has 2 rings (SSSR count). The van der Waals surface area contributed by atoms with E-state index in [1.165, 1.54) is 10.4 Å². The molecule has 128 valence electrons. The summed E-state index contributed by atoms with van der Waals surface area (Å²) < 4.78 is 26.2. The summed E-state index contributed by atoms with van der Waals surface area (Å²) >= 11 is 0. The lowest BCUT2D eigenvalue weighted by atomic mass is 10.2. The lowest BCUT2D eigenvalue weighted by Crippen LogP contribution is -2.45. The van der Waals surface area contributed by atoms with Crippen LogP contribution in [0.2, 0.25) is 0 Å². The van der Waals surface area contributed by atoms with Gasteiger partial charge in [-0.05, 0) is 32.3 Å². The molecule has 1 aromatic heterocycles. The number of nitrogens with one attached hydrogen (secondary N) is 1. The fraction of sp³-hybridized carbons (Fsp3) is 0.600. The van der Waals surface area contributed by atoms with E-state index in [4.69, 9.17) is 0 Å². The standard InChI is InChI=1S/C15H23N3O4S/c1-12-6-3-8-14(19)17(12)10-5-9-16-15(20)13-7-4-11-18(13)23(2,21)22/h3,6,8,13H,4-5,7,9-11H2,1-2H3,(H,16,20)/t13-/m0/s1. The molecule has 1 fully saturated rings. The first kappa shape index (κ1) is 17.7. The number of amides is 1. The maximum Gasteiger partial charge on any atom is 0.250 e. The summed E-state index contributed by atoms with van der Waals surface area (Å²) in [6.45, 7) is 3.19. The Bertz CT molecular complexity index is 726. The van der Waals surface area contributed by atoms with Gasteiger partial charge in [0.2, 0.25) is 15.9 Å². The van der Waals surface area contributed by atoms with Gasteiger partial charge in [0.1, 0.15) is 6.04 Å². The zero-order chi connectivity index (χ0) is 17.0. The van der Waals surface area contributed by atoms with Crippen molar-refractivity contribution in [3.05, 3.63) is 34.2 Å². The van der Waals surface area contributed by atoms with Crippen molar-refractivity contribution in [3.8, 4) is 0 Å². The van der Waals surface area contributed by atoms with Gasteiger partial charge in [-0.1, -0.05) is 6.07 Å². The predicted octanol–water partition coefficient (Wildman–Crippen LogP) is 0.0870. The molecule has 1 aliphatic rings. The molecule has 0 spiro atoms. The minimum atomic E-state index is -3.35. The quantitative estimate of drug-likeness (QED) is 0.743. The Balaban J connectivity index is 1.85. The second-order valence-electron chi connectivity index (χ2n) is 5.83. The highest BCUT2D eigenvalue weighted by Gasteiger charge is 2.36. The molecule has 0 aliphatic carbocycles. The van der Waals surface area contributed by atoms with Gasteiger partial charge in [0.15, 0.2) is 0 Å². The van der Waals surface area contributed by atoms with Gasteiger partial charge in [-0.25, -0.2) is 8.42 Å². The van der Waals surface area contributed by atoms with Crippen molar-refractivity contribution in [2.75, 3.05) is 19.3 Å². The van der Waals surface area contributed by atoms with E-state index in [-0.39, 0.29) is 11.5 Å². The zero-order valence-corrected chi connectivity index (χ0v) is 14.3. The topological polar surface area (TPSA) is 88.5 Å². The first-order valence-corrected chi connectivity index (χ1v) is 9.56. The molecule has 2 heterocycles. The minimum Gasteiger partial charge on any atom is -0.355 e. The number of nitrogens with zero attached hydrogens (tertiary/aromatic N) is 2. The number of rotatable bonds is 6. The molecular weight excluding hydrogens is 318 g/mol. The average molecular weight is 341 g/mol. The molecule has 8 heteroatoms. The first-order chi connectivity index (χ1) is 10.8. The third-order valence-corrected chi connectivity index (χ3v) is 5.35. The molecule has 1 atom stereocenters. The molecule has 0 saturated carbocycles. The summed E-state index contributed by atoms with van der Waals surface area (Å²) in [5, 5.41) is 2.78. The number of pyridine rings is 1. The van der Waals surface area contributed by atoms with Crippen molar-refractivity contribution in [2.45, 2.75) is 38.8 Å². The molecule has 1 aromatic rings. The molecule has 1 saturated heterocycles. The number of aryl methyl sites for hydroxylation is 1. The summed E-state index contributed by atoms with van der Waals surface area (Å²) in [5.74, 6) is -0.259. The molecule has 0 radical (unpaired) electrons. The normalized spacial score (nSPS) is 19.0. The summed E-state index contributed by atoms with van der Waals surface area (Å²) in [7, 11) is -3.35. The van der Waals surface area contributed by atoms with Crippen LogP contribution < -0.4 is 10.9 Å². The first-order valence-electron chi connectivity index (χ1n) is 7.71. The number of hydrogen-bond acceptors (Lipinski definition) is 4. The largest absolute Gasteiger partial charge is 0.355 e. The summed E-state index contributed by atoms with van der Waals surface area (Å²) in [4.78, 5) is 23.9. The fourth-order valence-electron chi connectivity index (χ4n) is 2.88. The Labute approximate surface area is 136 Å². The van der Waals surface area contributed by atoms with Crippen LogP contribution in [-0.4, -0.2) is 48.6 Å². The van der Waals surface area contributed by atoms with E-state index in [1.807, 2.05) is 13.0 Å². The summed E-state index contributed by atoms with van der Waals surface area (Å²) in [6.07, 6.45) is 2.99. The summed E-state index contributed by atoms with van der Waals surface area (Å²) in [6, 6.07) is 4.48. The van der Waals surface area contributed by atoms with E-state index in [2.05, 4.69) is 5.32 Å². The maximum absolute atomic E-state index is 12.2. The Morgan fingerprint density at radius 1 is 1.39 bits per heavy atom. The molecule has 0 aromatic carbocycles. The molecule has 1 aliphatic heterocycles. The average Bonchev–Trinajstić information content (AvgIpc) is 2.95. The Morgan fingerprint density at radius 3 is 2.78 bits per heavy atom. The molecule has 23 heavy (non-hydrogen) atoms. The van der Waals surface area contributed by atoms with E-state index in [0.717, 1.165) is 11.9 Å². The third-order valence-electron chi connectivity index (χ3n) is 4.06. The van der Waals surface area contributed by atoms with Crippen LogP contribution in [0.15, 0.2) is 23.0 Å². The van der Waals surface area contributed by atoms with E-state index >= 15 is 0 Å². The van der Waals surface area contributed by atoms with E-state index in [9.17, 15) is 18.0 Å². The van der Waals surface area contributed by atoms with Crippen LogP contribution >= 0.6 is 0 Å². The highest BCUT2D eigenvalue weighted by molar-refractivity contribution is 7.88. The molecule has 0 unspecified atom stereocenters. The number of aromatic nitrogens is 1. The van der Waals surface area contributed by atoms with Gasteiger partial charge in [-0.3, -0.25) is 9.59 Å². The molecule has 0 bridgehead atoms. The molecule has 1 amide bonds. The van der Waals surface area contributed by atoms with Gasteiger partial charge < -0.3 is 9.88 Å². The molecular formula is C15H23N3O4S. The highest BCUT2D eigenvalue weighted by Crippen LogP contribution is 2.20. The van der Waals surface area contributed by atoms with Crippen LogP contribution in [0.1, 0.15) is 25.0 Å². The lowest BCUT2D eigenvalue weighted by Gasteiger charge is -2.21. The van der Waals surface area contributed by atoms with E-state index in [1.54, 1.807) is 10.6 Å². The predicted molar refractivity (Wildman–Crippen MR) is 87.6 cm³/mol. The van der Waals surface area contributed by atoms with Crippen molar-refractivity contribution >= 4 is 15.9 Å². The Morgan fingerprint density at radius 2 is 2.13 bits per heavy atom. The second-order valence-corrected chi connectivity index (χ2v) is 7.77. The van der Waals surface area contributed by atoms with Crippen molar-refractivity contribution in [2.24, 2.45) is 0 Å². The maximum atomic E-state index is 12.2. The zero-order valence-electron chi connectivity index (χ0n) is 13.5. The number of sulfonamides is 1. The van der Waals surface area contributed by atoms with Crippen LogP contribution in [0.4, 0.5) is 0 Å². The van der Waals surface area contributed by atoms with Gasteiger partial charge in [-0.15, -0.1) is 0 Å². The smallest absolute Gasteiger partial charge is 0.250 e. The van der Waals surface area contributed by atoms with Crippen molar-refractivity contribution in [1.29, 1.82) is 0 Å². The van der Waals surface area contributed by atoms with Crippen LogP contribution in [0.25, 0.3) is 0 Å². The molecule has 7 nitrogen and oxygen atoms in total. The molecule has 1 N–H and O–H groups in total. The monoisotopic (exact) mass is 341 g/mol. The van der Waals surface area contributed by atoms with Crippen LogP contribution in [0, 0.1) is 6.92 Å². The number of hydrogen-bond donors (Lipinski definition) is 1. The van der Waals surface area contributed by atoms with Gasteiger partial charge in [0, 0.05) is 31.4 Å². The van der Waals surface area contributed by atoms with Gasteiger partial charge in [-0.2, -0.15) is 4.31 Å². The van der Waals surface area contributed by atoms with Crippen LogP contribution in [0.5, 0.6) is 0 Å². The van der Waals surface area contributed by atoms with Crippen molar-refractivity contribution in [1.82, 2.24) is 14.2 Å². The van der Waals surface area contributed by atoms with Gasteiger partial charge in [0.05, 0.1) is 6.26 Å². The number of carbonyl (C=O) groups excluding carboxylic acids is 1. The highest BCUT2D eigenvalue weighted by atomic mass is 32.2.